The van der Waals surface area contributed by atoms with E-state index >= 15 is 0 Å². The summed E-state index contributed by atoms with van der Waals surface area (Å²) in [5, 5.41) is 20.6. The molecule has 0 aliphatic heterocycles. The summed E-state index contributed by atoms with van der Waals surface area (Å²) in [5.74, 6) is 1.28. The summed E-state index contributed by atoms with van der Waals surface area (Å²) in [6, 6.07) is 13.7. The lowest BCUT2D eigenvalue weighted by Gasteiger charge is -2.10. The van der Waals surface area contributed by atoms with Crippen molar-refractivity contribution >= 4 is 17.4 Å². The molecule has 0 spiro atoms. The van der Waals surface area contributed by atoms with Crippen LogP contribution in [0.5, 0.6) is 11.5 Å². The number of para-hydroxylation sites is 1. The van der Waals surface area contributed by atoms with E-state index in [1.54, 1.807) is 20.4 Å². The molecule has 0 unspecified atom stereocenters. The third-order valence-electron chi connectivity index (χ3n) is 4.06. The van der Waals surface area contributed by atoms with Gasteiger partial charge in [0.2, 0.25) is 0 Å². The van der Waals surface area contributed by atoms with Gasteiger partial charge < -0.3 is 14.6 Å². The number of benzene rings is 2. The highest BCUT2D eigenvalue weighted by Crippen LogP contribution is 2.35. The van der Waals surface area contributed by atoms with E-state index in [9.17, 15) is 0 Å². The summed E-state index contributed by atoms with van der Waals surface area (Å²) in [6.07, 6.45) is 5.53. The van der Waals surface area contributed by atoms with Gasteiger partial charge in [-0.2, -0.15) is 15.3 Å². The second-order valence-corrected chi connectivity index (χ2v) is 5.60. The highest BCUT2D eigenvalue weighted by atomic mass is 16.5. The van der Waals surface area contributed by atoms with Crippen LogP contribution in [0.2, 0.25) is 0 Å². The lowest BCUT2D eigenvalue weighted by Crippen LogP contribution is -1.94. The third kappa shape index (κ3) is 3.75. The van der Waals surface area contributed by atoms with Gasteiger partial charge in [-0.15, -0.1) is 0 Å². The second kappa shape index (κ2) is 8.63. The van der Waals surface area contributed by atoms with Crippen LogP contribution in [0.4, 0.5) is 0 Å². The van der Waals surface area contributed by atoms with Crippen LogP contribution in [0.15, 0.2) is 61.1 Å². The minimum absolute atomic E-state index is 0.250. The molecule has 0 saturated carbocycles. The lowest BCUT2D eigenvalue weighted by molar-refractivity contribution is -0.122. The molecule has 0 fully saturated rings. The van der Waals surface area contributed by atoms with Crippen LogP contribution in [0.1, 0.15) is 0 Å². The number of carbonyl (C=O) groups is 1. The molecule has 0 aliphatic rings. The van der Waals surface area contributed by atoms with Crippen LogP contribution in [0.25, 0.3) is 27.7 Å². The third-order valence-corrected chi connectivity index (χ3v) is 4.06. The first-order valence-corrected chi connectivity index (χ1v) is 8.27. The van der Waals surface area contributed by atoms with E-state index in [4.69, 9.17) is 19.4 Å². The molecule has 0 atom stereocenters. The molecular weight excluding hydrogens is 360 g/mol. The van der Waals surface area contributed by atoms with Crippen molar-refractivity contribution in [1.82, 2.24) is 20.0 Å². The maximum Gasteiger partial charge on any atom is 0.290 e. The van der Waals surface area contributed by atoms with Gasteiger partial charge in [0.05, 0.1) is 37.8 Å². The molecule has 1 N–H and O–H groups in total. The Kier molecular flexibility index (Phi) is 5.81. The second-order valence-electron chi connectivity index (χ2n) is 5.60. The fourth-order valence-corrected chi connectivity index (χ4v) is 2.80. The first-order valence-electron chi connectivity index (χ1n) is 8.27. The summed E-state index contributed by atoms with van der Waals surface area (Å²) in [4.78, 5) is 8.36. The van der Waals surface area contributed by atoms with Crippen LogP contribution >= 0.6 is 0 Å². The maximum atomic E-state index is 8.36. The number of aromatic nitrogens is 4. The number of hydrogen-bond donors (Lipinski definition) is 1. The standard InChI is InChI=1S/C19H16N4O2.CH2O2/c1-24-18-8-15-16(11-20-22-17(15)9-19(18)25-2)13-10-21-23(12-13)14-6-4-3-5-7-14;2-1-3/h3-12H,1-2H3;1H,(H,2,3). The van der Waals surface area contributed by atoms with Gasteiger partial charge in [0.1, 0.15) is 0 Å². The zero-order valence-corrected chi connectivity index (χ0v) is 15.3. The topological polar surface area (TPSA) is 99.4 Å². The molecule has 2 aromatic heterocycles. The van der Waals surface area contributed by atoms with Crippen LogP contribution < -0.4 is 9.47 Å². The number of hydrogen-bond acceptors (Lipinski definition) is 6. The fourth-order valence-electron chi connectivity index (χ4n) is 2.80. The Bertz CT molecular complexity index is 1080. The van der Waals surface area contributed by atoms with E-state index in [-0.39, 0.29) is 6.47 Å². The molecule has 28 heavy (non-hydrogen) atoms. The minimum Gasteiger partial charge on any atom is -0.493 e. The van der Waals surface area contributed by atoms with Crippen LogP contribution in [-0.2, 0) is 4.79 Å². The average Bonchev–Trinajstić information content (AvgIpc) is 3.23. The van der Waals surface area contributed by atoms with E-state index in [1.165, 1.54) is 0 Å². The first-order chi connectivity index (χ1) is 13.7. The molecule has 2 aromatic carbocycles. The Morgan fingerprint density at radius 1 is 1.04 bits per heavy atom. The predicted molar refractivity (Wildman–Crippen MR) is 104 cm³/mol. The number of ether oxygens (including phenoxy) is 2. The first kappa shape index (κ1) is 18.8. The SMILES string of the molecule is COc1cc2nncc(-c3cnn(-c4ccccc4)c3)c2cc1OC.O=CO. The number of fused-ring (bicyclic) bond motifs is 1. The molecular formula is C20H18N4O4. The molecule has 0 saturated heterocycles. The van der Waals surface area contributed by atoms with Crippen molar-refractivity contribution in [3.8, 4) is 28.3 Å². The quantitative estimate of drug-likeness (QED) is 0.544. The molecule has 4 aromatic rings. The number of rotatable bonds is 4. The van der Waals surface area contributed by atoms with E-state index in [0.29, 0.717) is 11.5 Å². The molecule has 142 valence electrons. The Morgan fingerprint density at radius 2 is 1.71 bits per heavy atom. The van der Waals surface area contributed by atoms with Crippen molar-refractivity contribution in [1.29, 1.82) is 0 Å². The van der Waals surface area contributed by atoms with Crippen molar-refractivity contribution < 1.29 is 19.4 Å². The number of nitrogens with zero attached hydrogens (tertiary/aromatic N) is 4. The highest BCUT2D eigenvalue weighted by Gasteiger charge is 2.13. The van der Waals surface area contributed by atoms with Gasteiger partial charge in [0, 0.05) is 28.8 Å². The van der Waals surface area contributed by atoms with Gasteiger partial charge in [-0.25, -0.2) is 4.68 Å². The van der Waals surface area contributed by atoms with Gasteiger partial charge in [-0.3, -0.25) is 4.79 Å². The summed E-state index contributed by atoms with van der Waals surface area (Å²) in [7, 11) is 3.22. The van der Waals surface area contributed by atoms with E-state index in [0.717, 1.165) is 27.7 Å². The smallest absolute Gasteiger partial charge is 0.290 e. The van der Waals surface area contributed by atoms with E-state index in [1.807, 2.05) is 59.5 Å². The number of carboxylic acid groups (broad SMARTS) is 1. The molecule has 8 nitrogen and oxygen atoms in total. The largest absolute Gasteiger partial charge is 0.493 e. The van der Waals surface area contributed by atoms with Gasteiger partial charge >= 0.3 is 0 Å². The van der Waals surface area contributed by atoms with Gasteiger partial charge in [0.15, 0.2) is 11.5 Å². The van der Waals surface area contributed by atoms with E-state index in [2.05, 4.69) is 15.3 Å². The molecule has 2 heterocycles. The van der Waals surface area contributed by atoms with Gasteiger partial charge in [-0.05, 0) is 18.2 Å². The van der Waals surface area contributed by atoms with Crippen molar-refractivity contribution in [3.63, 3.8) is 0 Å². The van der Waals surface area contributed by atoms with Crippen molar-refractivity contribution in [3.05, 3.63) is 61.1 Å². The molecule has 8 heteroatoms. The van der Waals surface area contributed by atoms with Crippen LogP contribution in [0, 0.1) is 0 Å². The predicted octanol–water partition coefficient (Wildman–Crippen LogP) is 3.20. The molecule has 0 radical (unpaired) electrons. The highest BCUT2D eigenvalue weighted by molar-refractivity contribution is 5.95. The maximum absolute atomic E-state index is 8.36. The molecule has 0 bridgehead atoms. The number of methoxy groups -OCH3 is 2. The summed E-state index contributed by atoms with van der Waals surface area (Å²) < 4.78 is 12.6. The van der Waals surface area contributed by atoms with Crippen LogP contribution in [0.3, 0.4) is 0 Å². The van der Waals surface area contributed by atoms with Crippen molar-refractivity contribution in [2.24, 2.45) is 0 Å². The molecule has 0 aliphatic carbocycles. The lowest BCUT2D eigenvalue weighted by atomic mass is 10.1. The fraction of sp³-hybridized carbons (Fsp3) is 0.100. The minimum atomic E-state index is -0.250. The normalized spacial score (nSPS) is 10.1. The summed E-state index contributed by atoms with van der Waals surface area (Å²) in [6.45, 7) is -0.250. The Morgan fingerprint density at radius 3 is 2.39 bits per heavy atom. The van der Waals surface area contributed by atoms with Gasteiger partial charge in [-0.1, -0.05) is 18.2 Å². The van der Waals surface area contributed by atoms with Gasteiger partial charge in [0.25, 0.3) is 6.47 Å². The average molecular weight is 378 g/mol. The Balaban J connectivity index is 0.000000706. The van der Waals surface area contributed by atoms with Crippen molar-refractivity contribution in [2.75, 3.05) is 14.2 Å². The zero-order chi connectivity index (χ0) is 19.9. The summed E-state index contributed by atoms with van der Waals surface area (Å²) >= 11 is 0. The Hall–Kier alpha value is -3.94. The van der Waals surface area contributed by atoms with Crippen LogP contribution in [-0.4, -0.2) is 45.8 Å². The van der Waals surface area contributed by atoms with E-state index < -0.39 is 0 Å². The molecule has 0 amide bonds. The summed E-state index contributed by atoms with van der Waals surface area (Å²) in [5.41, 5.74) is 3.63. The zero-order valence-electron chi connectivity index (χ0n) is 15.3. The molecule has 4 rings (SSSR count). The Labute approximate surface area is 161 Å². The van der Waals surface area contributed by atoms with Crippen molar-refractivity contribution in [2.45, 2.75) is 0 Å². The monoisotopic (exact) mass is 378 g/mol.